The van der Waals surface area contributed by atoms with Gasteiger partial charge in [-0.25, -0.2) is 4.79 Å². The van der Waals surface area contributed by atoms with Gasteiger partial charge in [-0.1, -0.05) is 6.07 Å². The SMILES string of the molecule is NC(=O)C[C@@H](NC(=O)c1ccc2c(c1)NCC2)C(=O)O. The fourth-order valence-electron chi connectivity index (χ4n) is 2.07. The van der Waals surface area contributed by atoms with Crippen molar-refractivity contribution in [1.82, 2.24) is 5.32 Å². The van der Waals surface area contributed by atoms with E-state index < -0.39 is 30.2 Å². The summed E-state index contributed by atoms with van der Waals surface area (Å²) in [6.07, 6.45) is 0.459. The van der Waals surface area contributed by atoms with Crippen molar-refractivity contribution in [2.75, 3.05) is 11.9 Å². The molecular formula is C13H15N3O4. The van der Waals surface area contributed by atoms with Gasteiger partial charge in [0, 0.05) is 17.8 Å². The Morgan fingerprint density at radius 3 is 2.80 bits per heavy atom. The van der Waals surface area contributed by atoms with E-state index >= 15 is 0 Å². The van der Waals surface area contributed by atoms with Gasteiger partial charge in [-0.15, -0.1) is 0 Å². The quantitative estimate of drug-likeness (QED) is 0.589. The van der Waals surface area contributed by atoms with Crippen LogP contribution >= 0.6 is 0 Å². The number of hydrogen-bond acceptors (Lipinski definition) is 4. The van der Waals surface area contributed by atoms with E-state index in [0.29, 0.717) is 5.56 Å². The summed E-state index contributed by atoms with van der Waals surface area (Å²) in [5.41, 5.74) is 7.29. The van der Waals surface area contributed by atoms with Gasteiger partial charge in [-0.05, 0) is 24.1 Å². The number of amides is 2. The zero-order valence-corrected chi connectivity index (χ0v) is 10.7. The largest absolute Gasteiger partial charge is 0.480 e. The lowest BCUT2D eigenvalue weighted by Crippen LogP contribution is -2.43. The Bertz CT molecular complexity index is 571. The van der Waals surface area contributed by atoms with Gasteiger partial charge in [0.25, 0.3) is 5.91 Å². The summed E-state index contributed by atoms with van der Waals surface area (Å²) in [5, 5.41) is 14.4. The van der Waals surface area contributed by atoms with Crippen molar-refractivity contribution in [2.45, 2.75) is 18.9 Å². The van der Waals surface area contributed by atoms with Crippen LogP contribution in [0.15, 0.2) is 18.2 Å². The fourth-order valence-corrected chi connectivity index (χ4v) is 2.07. The molecule has 1 heterocycles. The smallest absolute Gasteiger partial charge is 0.326 e. The molecule has 2 amide bonds. The van der Waals surface area contributed by atoms with E-state index in [1.807, 2.05) is 6.07 Å². The molecule has 1 aliphatic heterocycles. The van der Waals surface area contributed by atoms with E-state index in [-0.39, 0.29) is 0 Å². The highest BCUT2D eigenvalue weighted by Gasteiger charge is 2.23. The summed E-state index contributed by atoms with van der Waals surface area (Å²) in [7, 11) is 0. The van der Waals surface area contributed by atoms with Crippen LogP contribution in [-0.2, 0) is 16.0 Å². The van der Waals surface area contributed by atoms with E-state index in [9.17, 15) is 14.4 Å². The first-order valence-electron chi connectivity index (χ1n) is 6.16. The Morgan fingerprint density at radius 2 is 2.15 bits per heavy atom. The van der Waals surface area contributed by atoms with Crippen LogP contribution in [0.5, 0.6) is 0 Å². The Balaban J connectivity index is 2.10. The predicted octanol–water partition coefficient (Wildman–Crippen LogP) is -0.287. The number of anilines is 1. The van der Waals surface area contributed by atoms with E-state index in [1.54, 1.807) is 12.1 Å². The zero-order chi connectivity index (χ0) is 14.7. The number of carbonyl (C=O) groups is 3. The van der Waals surface area contributed by atoms with Crippen molar-refractivity contribution in [2.24, 2.45) is 5.73 Å². The number of carboxylic acids is 1. The summed E-state index contributed by atoms with van der Waals surface area (Å²) in [6.45, 7) is 0.819. The topological polar surface area (TPSA) is 122 Å². The number of rotatable bonds is 5. The van der Waals surface area contributed by atoms with Gasteiger partial charge in [0.05, 0.1) is 6.42 Å². The number of primary amides is 1. The first-order valence-corrected chi connectivity index (χ1v) is 6.16. The lowest BCUT2D eigenvalue weighted by atomic mass is 10.1. The molecule has 0 bridgehead atoms. The van der Waals surface area contributed by atoms with Crippen LogP contribution in [0.4, 0.5) is 5.69 Å². The molecule has 0 saturated heterocycles. The minimum Gasteiger partial charge on any atom is -0.480 e. The summed E-state index contributed by atoms with van der Waals surface area (Å²) >= 11 is 0. The van der Waals surface area contributed by atoms with Crippen molar-refractivity contribution in [3.05, 3.63) is 29.3 Å². The molecule has 1 aromatic carbocycles. The minimum atomic E-state index is -1.32. The van der Waals surface area contributed by atoms with Crippen LogP contribution in [0.25, 0.3) is 0 Å². The van der Waals surface area contributed by atoms with Crippen LogP contribution in [0.2, 0.25) is 0 Å². The first kappa shape index (κ1) is 13.9. The van der Waals surface area contributed by atoms with Crippen molar-refractivity contribution in [3.63, 3.8) is 0 Å². The van der Waals surface area contributed by atoms with Crippen LogP contribution in [0, 0.1) is 0 Å². The highest BCUT2D eigenvalue weighted by Crippen LogP contribution is 2.23. The molecule has 5 N–H and O–H groups in total. The number of carbonyl (C=O) groups excluding carboxylic acids is 2. The number of nitrogens with two attached hydrogens (primary N) is 1. The Hall–Kier alpha value is -2.57. The maximum absolute atomic E-state index is 12.0. The third-order valence-corrected chi connectivity index (χ3v) is 3.09. The average Bonchev–Trinajstić information content (AvgIpc) is 2.84. The Morgan fingerprint density at radius 1 is 1.40 bits per heavy atom. The van der Waals surface area contributed by atoms with E-state index in [0.717, 1.165) is 24.2 Å². The summed E-state index contributed by atoms with van der Waals surface area (Å²) < 4.78 is 0. The maximum atomic E-state index is 12.0. The van der Waals surface area contributed by atoms with E-state index in [2.05, 4.69) is 10.6 Å². The van der Waals surface area contributed by atoms with Crippen molar-refractivity contribution >= 4 is 23.5 Å². The molecule has 0 aromatic heterocycles. The summed E-state index contributed by atoms with van der Waals surface area (Å²) in [4.78, 5) is 33.7. The minimum absolute atomic E-state index is 0.342. The molecule has 106 valence electrons. The molecule has 0 spiro atoms. The zero-order valence-electron chi connectivity index (χ0n) is 10.7. The van der Waals surface area contributed by atoms with Crippen LogP contribution in [0.3, 0.4) is 0 Å². The van der Waals surface area contributed by atoms with Crippen LogP contribution in [0.1, 0.15) is 22.3 Å². The van der Waals surface area contributed by atoms with Gasteiger partial charge in [-0.2, -0.15) is 0 Å². The standard InChI is InChI=1S/C13H15N3O4/c14-11(17)6-10(13(19)20)16-12(18)8-2-1-7-3-4-15-9(7)5-8/h1-2,5,10,15H,3-4,6H2,(H2,14,17)(H,16,18)(H,19,20)/t10-/m1/s1. The monoisotopic (exact) mass is 277 g/mol. The molecule has 7 nitrogen and oxygen atoms in total. The second kappa shape index (κ2) is 5.60. The number of carboxylic acid groups (broad SMARTS) is 1. The highest BCUT2D eigenvalue weighted by atomic mass is 16.4. The highest BCUT2D eigenvalue weighted by molar-refractivity contribution is 5.98. The van der Waals surface area contributed by atoms with Gasteiger partial charge in [0.1, 0.15) is 6.04 Å². The van der Waals surface area contributed by atoms with Crippen LogP contribution < -0.4 is 16.4 Å². The van der Waals surface area contributed by atoms with Gasteiger partial charge >= 0.3 is 5.97 Å². The molecule has 0 fully saturated rings. The van der Waals surface area contributed by atoms with Crippen molar-refractivity contribution in [3.8, 4) is 0 Å². The molecule has 7 heteroatoms. The maximum Gasteiger partial charge on any atom is 0.326 e. The molecule has 20 heavy (non-hydrogen) atoms. The molecule has 0 radical (unpaired) electrons. The normalized spacial score (nSPS) is 14.0. The lowest BCUT2D eigenvalue weighted by Gasteiger charge is -2.13. The second-order valence-corrected chi connectivity index (χ2v) is 4.58. The number of aliphatic carboxylic acids is 1. The van der Waals surface area contributed by atoms with Crippen molar-refractivity contribution in [1.29, 1.82) is 0 Å². The number of fused-ring (bicyclic) bond motifs is 1. The third-order valence-electron chi connectivity index (χ3n) is 3.09. The molecule has 0 saturated carbocycles. The van der Waals surface area contributed by atoms with Gasteiger partial charge in [0.15, 0.2) is 0 Å². The van der Waals surface area contributed by atoms with Gasteiger partial charge in [0.2, 0.25) is 5.91 Å². The lowest BCUT2D eigenvalue weighted by molar-refractivity contribution is -0.140. The Labute approximate surface area is 115 Å². The number of benzene rings is 1. The Kier molecular flexibility index (Phi) is 3.88. The first-order chi connectivity index (χ1) is 9.47. The molecule has 0 unspecified atom stereocenters. The van der Waals surface area contributed by atoms with E-state index in [1.165, 1.54) is 0 Å². The summed E-state index contributed by atoms with van der Waals surface area (Å²) in [6, 6.07) is 3.81. The molecule has 1 atom stereocenters. The summed E-state index contributed by atoms with van der Waals surface area (Å²) in [5.74, 6) is -2.63. The predicted molar refractivity (Wildman–Crippen MR) is 71.3 cm³/mol. The van der Waals surface area contributed by atoms with Gasteiger partial charge in [-0.3, -0.25) is 9.59 Å². The molecule has 0 aliphatic carbocycles. The fraction of sp³-hybridized carbons (Fsp3) is 0.308. The third kappa shape index (κ3) is 3.05. The second-order valence-electron chi connectivity index (χ2n) is 4.58. The van der Waals surface area contributed by atoms with Crippen molar-refractivity contribution < 1.29 is 19.5 Å². The van der Waals surface area contributed by atoms with Gasteiger partial charge < -0.3 is 21.5 Å². The molecule has 1 aromatic rings. The molecular weight excluding hydrogens is 262 g/mol. The van der Waals surface area contributed by atoms with E-state index in [4.69, 9.17) is 10.8 Å². The average molecular weight is 277 g/mol. The van der Waals surface area contributed by atoms with Crippen LogP contribution in [-0.4, -0.2) is 35.5 Å². The molecule has 2 rings (SSSR count). The number of hydrogen-bond donors (Lipinski definition) is 4. The number of nitrogens with one attached hydrogen (secondary N) is 2. The molecule has 1 aliphatic rings.